The second-order valence-corrected chi connectivity index (χ2v) is 5.50. The molecule has 0 aromatic carbocycles. The van der Waals surface area contributed by atoms with E-state index in [1.165, 1.54) is 44.6 Å². The summed E-state index contributed by atoms with van der Waals surface area (Å²) >= 11 is 0. The van der Waals surface area contributed by atoms with Gasteiger partial charge in [0.25, 0.3) is 0 Å². The molecule has 0 aliphatic heterocycles. The third-order valence-corrected chi connectivity index (χ3v) is 3.30. The number of allylic oxidation sites excluding steroid dienone is 11. The first-order valence-electron chi connectivity index (χ1n) is 8.98. The van der Waals surface area contributed by atoms with Gasteiger partial charge in [0.2, 0.25) is 0 Å². The Balaban J connectivity index is 3.48. The minimum Gasteiger partial charge on any atom is -0.478 e. The predicted molar refractivity (Wildman–Crippen MR) is 105 cm³/mol. The van der Waals surface area contributed by atoms with Gasteiger partial charge in [0.1, 0.15) is 0 Å². The Morgan fingerprint density at radius 3 is 1.75 bits per heavy atom. The van der Waals surface area contributed by atoms with Gasteiger partial charge in [-0.15, -0.1) is 0 Å². The molecule has 0 radical (unpaired) electrons. The second kappa shape index (κ2) is 19.0. The molecule has 2 nitrogen and oxygen atoms in total. The van der Waals surface area contributed by atoms with Crippen LogP contribution in [0.25, 0.3) is 0 Å². The molecule has 1 N–H and O–H groups in total. The minimum atomic E-state index is -0.933. The van der Waals surface area contributed by atoms with Crippen molar-refractivity contribution < 1.29 is 9.90 Å². The van der Waals surface area contributed by atoms with Crippen LogP contribution in [-0.2, 0) is 4.79 Å². The number of unbranched alkanes of at least 4 members (excludes halogenated alkanes) is 6. The lowest BCUT2D eigenvalue weighted by Gasteiger charge is -1.97. The highest BCUT2D eigenvalue weighted by molar-refractivity contribution is 5.80. The largest absolute Gasteiger partial charge is 0.478 e. The average molecular weight is 328 g/mol. The molecule has 0 bridgehead atoms. The molecule has 0 spiro atoms. The summed E-state index contributed by atoms with van der Waals surface area (Å²) in [6, 6.07) is 0. The van der Waals surface area contributed by atoms with Crippen molar-refractivity contribution in [3.05, 3.63) is 72.9 Å². The minimum absolute atomic E-state index is 0.933. The molecule has 0 aromatic heterocycles. The monoisotopic (exact) mass is 328 g/mol. The van der Waals surface area contributed by atoms with Crippen molar-refractivity contribution in [1.29, 1.82) is 0 Å². The Morgan fingerprint density at radius 1 is 0.667 bits per heavy atom. The highest BCUT2D eigenvalue weighted by atomic mass is 16.4. The zero-order valence-corrected chi connectivity index (χ0v) is 14.9. The van der Waals surface area contributed by atoms with Crippen LogP contribution in [0.4, 0.5) is 0 Å². The maximum absolute atomic E-state index is 10.2. The fourth-order valence-electron chi connectivity index (χ4n) is 2.04. The van der Waals surface area contributed by atoms with Crippen LogP contribution in [0.2, 0.25) is 0 Å². The first kappa shape index (κ1) is 21.9. The van der Waals surface area contributed by atoms with Crippen LogP contribution in [0.3, 0.4) is 0 Å². The highest BCUT2D eigenvalue weighted by Crippen LogP contribution is 2.08. The molecule has 0 saturated heterocycles. The third-order valence-electron chi connectivity index (χ3n) is 3.30. The normalized spacial score (nSPS) is 13.0. The average Bonchev–Trinajstić information content (AvgIpc) is 2.56. The van der Waals surface area contributed by atoms with Crippen molar-refractivity contribution in [2.75, 3.05) is 0 Å². The summed E-state index contributed by atoms with van der Waals surface area (Å²) in [6.45, 7) is 2.18. The van der Waals surface area contributed by atoms with Gasteiger partial charge in [-0.25, -0.2) is 4.79 Å². The van der Waals surface area contributed by atoms with Crippen molar-refractivity contribution in [1.82, 2.24) is 0 Å². The molecular weight excluding hydrogens is 296 g/mol. The summed E-state index contributed by atoms with van der Waals surface area (Å²) in [6.07, 6.45) is 32.8. The van der Waals surface area contributed by atoms with Gasteiger partial charge >= 0.3 is 5.97 Å². The number of carboxylic acid groups (broad SMARTS) is 1. The van der Waals surface area contributed by atoms with Crippen LogP contribution in [0.15, 0.2) is 72.9 Å². The maximum atomic E-state index is 10.2. The highest BCUT2D eigenvalue weighted by Gasteiger charge is 1.88. The van der Waals surface area contributed by atoms with E-state index in [-0.39, 0.29) is 0 Å². The van der Waals surface area contributed by atoms with E-state index in [1.54, 1.807) is 12.2 Å². The quantitative estimate of drug-likeness (QED) is 0.170. The molecule has 0 rings (SSSR count). The molecule has 24 heavy (non-hydrogen) atoms. The molecule has 0 heterocycles. The van der Waals surface area contributed by atoms with Crippen molar-refractivity contribution in [2.24, 2.45) is 0 Å². The van der Waals surface area contributed by atoms with Gasteiger partial charge in [-0.3, -0.25) is 0 Å². The van der Waals surface area contributed by atoms with Gasteiger partial charge in [-0.1, -0.05) is 93.0 Å². The number of rotatable bonds is 14. The van der Waals surface area contributed by atoms with Gasteiger partial charge in [-0.05, 0) is 32.1 Å². The Labute approximate surface area is 147 Å². The summed E-state index contributed by atoms with van der Waals surface area (Å²) in [4.78, 5) is 10.2. The van der Waals surface area contributed by atoms with E-state index in [4.69, 9.17) is 5.11 Å². The van der Waals surface area contributed by atoms with E-state index >= 15 is 0 Å². The standard InChI is InChI=1S/C22H32O2/c1-2-3-4-5-6-7-8-9-10-11-12-13-14-15-16-17-18-19-20-21-22(23)24/h3-4,12-21H,2,5-11H2,1H3,(H,23,24). The van der Waals surface area contributed by atoms with Crippen molar-refractivity contribution in [2.45, 2.75) is 58.3 Å². The number of aliphatic carboxylic acids is 1. The number of carbonyl (C=O) groups is 1. The van der Waals surface area contributed by atoms with Crippen molar-refractivity contribution >= 4 is 5.97 Å². The Kier molecular flexibility index (Phi) is 17.3. The van der Waals surface area contributed by atoms with Crippen LogP contribution in [0, 0.1) is 0 Å². The maximum Gasteiger partial charge on any atom is 0.328 e. The summed E-state index contributed by atoms with van der Waals surface area (Å²) in [5.74, 6) is -0.933. The molecule has 0 amide bonds. The first-order chi connectivity index (χ1) is 11.8. The van der Waals surface area contributed by atoms with Crippen molar-refractivity contribution in [3.63, 3.8) is 0 Å². The van der Waals surface area contributed by atoms with Crippen LogP contribution in [0.1, 0.15) is 58.3 Å². The molecule has 0 aliphatic carbocycles. The molecule has 2 heteroatoms. The SMILES string of the molecule is CCC=CCCCCCCCC=CC=CC=CC=CC=CC(=O)O. The molecule has 0 atom stereocenters. The van der Waals surface area contributed by atoms with Crippen LogP contribution in [-0.4, -0.2) is 11.1 Å². The predicted octanol–water partition coefficient (Wildman–Crippen LogP) is 6.55. The van der Waals surface area contributed by atoms with Crippen LogP contribution >= 0.6 is 0 Å². The zero-order valence-electron chi connectivity index (χ0n) is 14.9. The van der Waals surface area contributed by atoms with E-state index in [2.05, 4.69) is 31.2 Å². The lowest BCUT2D eigenvalue weighted by atomic mass is 10.1. The Hall–Kier alpha value is -2.09. The third kappa shape index (κ3) is 19.9. The Morgan fingerprint density at radius 2 is 1.17 bits per heavy atom. The van der Waals surface area contributed by atoms with E-state index in [0.717, 1.165) is 18.9 Å². The summed E-state index contributed by atoms with van der Waals surface area (Å²) in [7, 11) is 0. The fraction of sp³-hybridized carbons (Fsp3) is 0.409. The van der Waals surface area contributed by atoms with Gasteiger partial charge in [-0.2, -0.15) is 0 Å². The molecule has 0 fully saturated rings. The van der Waals surface area contributed by atoms with Crippen LogP contribution in [0.5, 0.6) is 0 Å². The number of carboxylic acids is 1. The van der Waals surface area contributed by atoms with E-state index < -0.39 is 5.97 Å². The smallest absolute Gasteiger partial charge is 0.328 e. The van der Waals surface area contributed by atoms with Crippen LogP contribution < -0.4 is 0 Å². The Bertz CT molecular complexity index is 462. The van der Waals surface area contributed by atoms with Gasteiger partial charge in [0, 0.05) is 6.08 Å². The number of hydrogen-bond acceptors (Lipinski definition) is 1. The summed E-state index contributed by atoms with van der Waals surface area (Å²) in [5, 5.41) is 8.40. The van der Waals surface area contributed by atoms with Crippen molar-refractivity contribution in [3.8, 4) is 0 Å². The molecule has 0 unspecified atom stereocenters. The van der Waals surface area contributed by atoms with Gasteiger partial charge in [0.15, 0.2) is 0 Å². The van der Waals surface area contributed by atoms with E-state index in [9.17, 15) is 4.79 Å². The topological polar surface area (TPSA) is 37.3 Å². The first-order valence-corrected chi connectivity index (χ1v) is 8.98. The zero-order chi connectivity index (χ0) is 17.7. The summed E-state index contributed by atoms with van der Waals surface area (Å²) < 4.78 is 0. The van der Waals surface area contributed by atoms with Gasteiger partial charge in [0.05, 0.1) is 0 Å². The summed E-state index contributed by atoms with van der Waals surface area (Å²) in [5.41, 5.74) is 0. The molecule has 0 aromatic rings. The molecule has 132 valence electrons. The molecular formula is C22H32O2. The second-order valence-electron chi connectivity index (χ2n) is 5.50. The fourth-order valence-corrected chi connectivity index (χ4v) is 2.04. The van der Waals surface area contributed by atoms with E-state index in [0.29, 0.717) is 0 Å². The van der Waals surface area contributed by atoms with Gasteiger partial charge < -0.3 is 5.11 Å². The molecule has 0 aliphatic rings. The lowest BCUT2D eigenvalue weighted by Crippen LogP contribution is -1.84. The lowest BCUT2D eigenvalue weighted by molar-refractivity contribution is -0.131. The molecule has 0 saturated carbocycles. The number of hydrogen-bond donors (Lipinski definition) is 1. The van der Waals surface area contributed by atoms with E-state index in [1.807, 2.05) is 24.3 Å².